The van der Waals surface area contributed by atoms with Crippen molar-refractivity contribution in [2.45, 2.75) is 310 Å². The van der Waals surface area contributed by atoms with Crippen LogP contribution in [0.15, 0.2) is 121 Å². The van der Waals surface area contributed by atoms with E-state index in [-0.39, 0.29) is 123 Å². The van der Waals surface area contributed by atoms with Gasteiger partial charge in [-0.2, -0.15) is 0 Å². The number of hydrogen-bond acceptors (Lipinski definition) is 14. The van der Waals surface area contributed by atoms with Crippen molar-refractivity contribution in [3.8, 4) is 0 Å². The van der Waals surface area contributed by atoms with Crippen molar-refractivity contribution in [1.29, 1.82) is 0 Å². The van der Waals surface area contributed by atoms with Crippen LogP contribution in [0.3, 0.4) is 0 Å². The van der Waals surface area contributed by atoms with E-state index in [2.05, 4.69) is 27.7 Å². The normalized spacial score (nSPS) is 11.1. The first-order valence-electron chi connectivity index (χ1n) is 51.1. The highest BCUT2D eigenvalue weighted by Gasteiger charge is 2.33. The van der Waals surface area contributed by atoms with Gasteiger partial charge in [-0.05, 0) is 93.0 Å². The van der Waals surface area contributed by atoms with Gasteiger partial charge in [0.15, 0.2) is 0 Å². The van der Waals surface area contributed by atoms with Crippen LogP contribution in [0.5, 0.6) is 0 Å². The molecule has 0 atom stereocenters. The molecule has 0 spiro atoms. The number of unbranched alkanes of at least 4 members (excludes halogenated alkanes) is 34. The van der Waals surface area contributed by atoms with Crippen molar-refractivity contribution in [2.24, 2.45) is 22.9 Å². The average molecular weight is 1820 g/mol. The fourth-order valence-electron chi connectivity index (χ4n) is 16.6. The number of carbonyl (C=O) groups excluding carboxylic acids is 11. The second-order valence-electron chi connectivity index (χ2n) is 36.1. The molecule has 4 aromatic carbocycles. The van der Waals surface area contributed by atoms with Crippen molar-refractivity contribution >= 4 is 65.0 Å². The highest BCUT2D eigenvalue weighted by molar-refractivity contribution is 5.94. The zero-order valence-electron chi connectivity index (χ0n) is 81.7. The van der Waals surface area contributed by atoms with Crippen LogP contribution in [-0.2, 0) is 78.4 Å². The van der Waals surface area contributed by atoms with Crippen LogP contribution in [-0.4, -0.2) is 265 Å². The molecular formula is C106H174N14O11. The minimum Gasteiger partial charge on any atom is -0.368 e. The lowest BCUT2D eigenvalue weighted by molar-refractivity contribution is -0.149. The molecule has 0 radical (unpaired) electrons. The van der Waals surface area contributed by atoms with Crippen LogP contribution in [0, 0.1) is 0 Å². The van der Waals surface area contributed by atoms with E-state index in [0.29, 0.717) is 70.9 Å². The number of carbonyl (C=O) groups is 11. The van der Waals surface area contributed by atoms with Crippen molar-refractivity contribution in [2.75, 3.05) is 151 Å². The van der Waals surface area contributed by atoms with E-state index >= 15 is 33.6 Å². The molecule has 734 valence electrons. The molecule has 11 amide bonds. The molecule has 0 saturated carbocycles. The second-order valence-corrected chi connectivity index (χ2v) is 36.1. The van der Waals surface area contributed by atoms with Gasteiger partial charge >= 0.3 is 0 Å². The molecule has 25 heteroatoms. The molecule has 131 heavy (non-hydrogen) atoms. The van der Waals surface area contributed by atoms with Crippen LogP contribution < -0.4 is 22.9 Å². The summed E-state index contributed by atoms with van der Waals surface area (Å²) in [5.41, 5.74) is 27.5. The number of nitrogens with two attached hydrogens (primary N) is 4. The maximum Gasteiger partial charge on any atom is 0.242 e. The zero-order valence-corrected chi connectivity index (χ0v) is 81.7. The molecule has 0 aliphatic carbocycles. The summed E-state index contributed by atoms with van der Waals surface area (Å²) in [4.78, 5) is 179. The van der Waals surface area contributed by atoms with Gasteiger partial charge in [0.1, 0.15) is 0 Å². The molecule has 0 bridgehead atoms. The van der Waals surface area contributed by atoms with Crippen molar-refractivity contribution < 1.29 is 52.7 Å². The third-order valence-corrected chi connectivity index (χ3v) is 24.9. The molecule has 8 N–H and O–H groups in total. The predicted octanol–water partition coefficient (Wildman–Crippen LogP) is 15.3. The van der Waals surface area contributed by atoms with Crippen LogP contribution in [0.2, 0.25) is 0 Å². The van der Waals surface area contributed by atoms with E-state index < -0.39 is 85.9 Å². The van der Waals surface area contributed by atoms with Gasteiger partial charge < -0.3 is 71.9 Å². The van der Waals surface area contributed by atoms with E-state index in [1.54, 1.807) is 9.80 Å². The molecule has 0 aliphatic rings. The molecule has 0 aromatic heterocycles. The first kappa shape index (κ1) is 114. The van der Waals surface area contributed by atoms with Crippen LogP contribution in [0.1, 0.15) is 307 Å². The Labute approximate surface area is 789 Å². The summed E-state index contributed by atoms with van der Waals surface area (Å²) in [5.74, 6) is -5.27. The average Bonchev–Trinajstić information content (AvgIpc) is 0.847. The van der Waals surface area contributed by atoms with Gasteiger partial charge in [-0.25, -0.2) is 0 Å². The summed E-state index contributed by atoms with van der Waals surface area (Å²) in [6.07, 6.45) is 40.5. The number of primary amides is 1. The van der Waals surface area contributed by atoms with Crippen LogP contribution in [0.25, 0.3) is 0 Å². The highest BCUT2D eigenvalue weighted by Crippen LogP contribution is 2.20. The Kier molecular flexibility index (Phi) is 64.9. The largest absolute Gasteiger partial charge is 0.368 e. The van der Waals surface area contributed by atoms with Gasteiger partial charge in [0.25, 0.3) is 0 Å². The van der Waals surface area contributed by atoms with Crippen molar-refractivity contribution in [3.63, 3.8) is 0 Å². The zero-order chi connectivity index (χ0) is 95.0. The molecular weight excluding hydrogens is 1650 g/mol. The summed E-state index contributed by atoms with van der Waals surface area (Å²) in [7, 11) is 0. The van der Waals surface area contributed by atoms with Gasteiger partial charge in [0.05, 0.1) is 65.4 Å². The predicted molar refractivity (Wildman–Crippen MR) is 530 cm³/mol. The summed E-state index contributed by atoms with van der Waals surface area (Å²) < 4.78 is 0. The van der Waals surface area contributed by atoms with Gasteiger partial charge in [-0.3, -0.25) is 52.7 Å². The molecule has 0 aliphatic heterocycles. The number of amides is 11. The van der Waals surface area contributed by atoms with E-state index in [9.17, 15) is 19.2 Å². The summed E-state index contributed by atoms with van der Waals surface area (Å²) in [5, 5.41) is 0. The van der Waals surface area contributed by atoms with E-state index in [4.69, 9.17) is 22.9 Å². The Morgan fingerprint density at radius 3 is 0.573 bits per heavy atom. The SMILES string of the molecule is CCCCCCCCCCN(CC(N)=O)C(=O)CN(CCCCCCCCCC)C(=O)CN(CCCCCCCCCC)C(=O)CN(CCCCCCCCCC)C(=O)CN(CCc1ccccc1)C(=O)CN(CCc1ccccc1)C(=O)CN(CCN)C(=O)CN(CCc1ccccc1)C(=O)CN(CCc1ccccc1)C(=O)CN(CCN)C(=O)CCCCCCCCCN. The lowest BCUT2D eigenvalue weighted by Gasteiger charge is -2.33. The summed E-state index contributed by atoms with van der Waals surface area (Å²) in [6, 6.07) is 38.2. The Bertz CT molecular complexity index is 3720. The molecule has 0 fully saturated rings. The first-order chi connectivity index (χ1) is 63.8. The highest BCUT2D eigenvalue weighted by atomic mass is 16.2. The number of hydrogen-bond donors (Lipinski definition) is 4. The molecule has 4 rings (SSSR count). The fourth-order valence-corrected chi connectivity index (χ4v) is 16.6. The maximum atomic E-state index is 15.7. The fraction of sp³-hybridized carbons (Fsp3) is 0.670. The first-order valence-corrected chi connectivity index (χ1v) is 51.1. The molecule has 0 unspecified atom stereocenters. The Balaban J connectivity index is 1.76. The van der Waals surface area contributed by atoms with Gasteiger partial charge in [-0.15, -0.1) is 0 Å². The molecule has 0 saturated heterocycles. The lowest BCUT2D eigenvalue weighted by atomic mass is 10.1. The van der Waals surface area contributed by atoms with Crippen LogP contribution in [0.4, 0.5) is 0 Å². The summed E-state index contributed by atoms with van der Waals surface area (Å²) >= 11 is 0. The Morgan fingerprint density at radius 1 is 0.191 bits per heavy atom. The quantitative estimate of drug-likeness (QED) is 0.0299. The third kappa shape index (κ3) is 53.4. The lowest BCUT2D eigenvalue weighted by Crippen LogP contribution is -2.53. The minimum absolute atomic E-state index is 0.0284. The number of rotatable bonds is 81. The van der Waals surface area contributed by atoms with E-state index in [1.807, 2.05) is 121 Å². The van der Waals surface area contributed by atoms with Gasteiger partial charge in [-0.1, -0.05) is 361 Å². The number of benzene rings is 4. The summed E-state index contributed by atoms with van der Waals surface area (Å²) in [6.45, 7) is 6.83. The minimum atomic E-state index is -0.637. The topological polar surface area (TPSA) is 324 Å². The van der Waals surface area contributed by atoms with Crippen LogP contribution >= 0.6 is 0 Å². The van der Waals surface area contributed by atoms with E-state index in [0.717, 1.165) is 221 Å². The molecule has 0 heterocycles. The van der Waals surface area contributed by atoms with Crippen molar-refractivity contribution in [1.82, 2.24) is 49.0 Å². The third-order valence-electron chi connectivity index (χ3n) is 24.9. The monoisotopic (exact) mass is 1820 g/mol. The van der Waals surface area contributed by atoms with E-state index in [1.165, 1.54) is 58.5 Å². The number of nitrogens with zero attached hydrogens (tertiary/aromatic N) is 10. The standard InChI is InChI=1S/C106H174N14O11/c1-5-9-13-17-21-28-34-52-72-111(82-96(110)121)98(123)83-112(73-53-35-29-22-18-14-10-6-2)99(124)84-113(74-54-36-30-23-19-15-11-7-3)100(125)85-114(75-55-37-31-24-20-16-12-8-4)101(126)86-115(76-65-92-56-42-38-43-57-92)102(127)88-117(78-67-94-60-46-40-47-61-94)105(130)91-120(81-71-109)106(131)89-118(79-68-95-62-48-41-49-63-95)103(128)87-116(77-66-93-58-44-39-45-59-93)104(129)90-119(80-70-108)97(122)64-50-32-26-25-27-33-51-69-107/h38-49,56-63H,5-37,50-55,64-91,107-109H2,1-4H3,(H2,110,121). The van der Waals surface area contributed by atoms with Gasteiger partial charge in [0.2, 0.25) is 65.0 Å². The maximum absolute atomic E-state index is 15.7. The smallest absolute Gasteiger partial charge is 0.242 e. The second kappa shape index (κ2) is 74.4. The molecule has 4 aromatic rings. The Morgan fingerprint density at radius 2 is 0.366 bits per heavy atom. The Hall–Kier alpha value is -9.07. The van der Waals surface area contributed by atoms with Crippen molar-refractivity contribution in [3.05, 3.63) is 144 Å². The molecule has 25 nitrogen and oxygen atoms in total. The van der Waals surface area contributed by atoms with Gasteiger partial charge in [0, 0.05) is 85.0 Å².